The third-order valence-electron chi connectivity index (χ3n) is 1.97. The molecule has 0 aliphatic heterocycles. The first kappa shape index (κ1) is 11.1. The number of carbonyl (C=O) groups excluding carboxylic acids is 2. The average molecular weight is 204 g/mol. The summed E-state index contributed by atoms with van der Waals surface area (Å²) in [4.78, 5) is 22.6. The molecule has 0 saturated carbocycles. The van der Waals surface area contributed by atoms with Gasteiger partial charge in [0.25, 0.3) is 5.91 Å². The summed E-state index contributed by atoms with van der Waals surface area (Å²) in [6.45, 7) is 4.81. The Morgan fingerprint density at radius 2 is 2.00 bits per heavy atom. The van der Waals surface area contributed by atoms with Gasteiger partial charge in [-0.15, -0.1) is 0 Å². The number of hydrogen-bond donors (Lipinski definition) is 1. The van der Waals surface area contributed by atoms with Crippen molar-refractivity contribution in [1.29, 1.82) is 0 Å². The summed E-state index contributed by atoms with van der Waals surface area (Å²) < 4.78 is 0. The van der Waals surface area contributed by atoms with Crippen molar-refractivity contribution in [2.24, 2.45) is 5.84 Å². The first-order valence-electron chi connectivity index (χ1n) is 4.39. The van der Waals surface area contributed by atoms with Crippen LogP contribution in [0.1, 0.15) is 22.8 Å². The number of nitrogens with zero attached hydrogens (tertiary/aromatic N) is 1. The summed E-state index contributed by atoms with van der Waals surface area (Å²) in [5, 5.41) is 0.586. The fourth-order valence-corrected chi connectivity index (χ4v) is 1.14. The molecule has 0 radical (unpaired) electrons. The van der Waals surface area contributed by atoms with E-state index in [0.717, 1.165) is 0 Å². The summed E-state index contributed by atoms with van der Waals surface area (Å²) in [7, 11) is 0. The predicted octanol–water partition coefficient (Wildman–Crippen LogP) is 1.19. The van der Waals surface area contributed by atoms with Crippen molar-refractivity contribution in [3.63, 3.8) is 0 Å². The van der Waals surface area contributed by atoms with Crippen molar-refractivity contribution in [3.05, 3.63) is 42.0 Å². The number of hydrogen-bond acceptors (Lipinski definition) is 3. The van der Waals surface area contributed by atoms with Gasteiger partial charge in [0.1, 0.15) is 0 Å². The number of rotatable bonds is 2. The van der Waals surface area contributed by atoms with Crippen LogP contribution in [0.5, 0.6) is 0 Å². The van der Waals surface area contributed by atoms with E-state index in [4.69, 9.17) is 5.84 Å². The van der Waals surface area contributed by atoms with Crippen LogP contribution < -0.4 is 5.84 Å². The lowest BCUT2D eigenvalue weighted by Crippen LogP contribution is -2.41. The molecule has 0 heterocycles. The van der Waals surface area contributed by atoms with E-state index in [-0.39, 0.29) is 0 Å². The minimum Gasteiger partial charge on any atom is -0.273 e. The lowest BCUT2D eigenvalue weighted by molar-refractivity contribution is -0.126. The molecule has 4 heteroatoms. The number of carbonyl (C=O) groups is 2. The molecular formula is C11H12N2O2. The van der Waals surface area contributed by atoms with Crippen molar-refractivity contribution in [1.82, 2.24) is 5.01 Å². The molecule has 4 nitrogen and oxygen atoms in total. The van der Waals surface area contributed by atoms with Gasteiger partial charge in [-0.1, -0.05) is 30.9 Å². The van der Waals surface area contributed by atoms with E-state index in [1.165, 1.54) is 6.92 Å². The van der Waals surface area contributed by atoms with E-state index in [9.17, 15) is 9.59 Å². The lowest BCUT2D eigenvalue weighted by atomic mass is 10.1. The molecule has 0 spiro atoms. The Labute approximate surface area is 88.0 Å². The molecule has 1 aromatic carbocycles. The highest BCUT2D eigenvalue weighted by molar-refractivity contribution is 6.05. The van der Waals surface area contributed by atoms with Crippen molar-refractivity contribution >= 4 is 17.9 Å². The highest BCUT2D eigenvalue weighted by Gasteiger charge is 2.17. The fraction of sp³-hybridized carbons (Fsp3) is 0.0909. The zero-order valence-corrected chi connectivity index (χ0v) is 8.43. The van der Waals surface area contributed by atoms with E-state index < -0.39 is 11.8 Å². The second-order valence-corrected chi connectivity index (χ2v) is 2.99. The van der Waals surface area contributed by atoms with Crippen molar-refractivity contribution in [3.8, 4) is 0 Å². The molecule has 0 aliphatic carbocycles. The molecule has 0 aliphatic rings. The summed E-state index contributed by atoms with van der Waals surface area (Å²) in [5.41, 5.74) is 1.02. The SMILES string of the molecule is C=Cc1ccccc1C(=O)N(N)C(C)=O. The van der Waals surface area contributed by atoms with Crippen LogP contribution in [-0.2, 0) is 4.79 Å². The smallest absolute Gasteiger partial charge is 0.273 e. The summed E-state index contributed by atoms with van der Waals surface area (Å²) in [6, 6.07) is 6.81. The monoisotopic (exact) mass is 204 g/mol. The van der Waals surface area contributed by atoms with Crippen LogP contribution in [0.25, 0.3) is 6.08 Å². The van der Waals surface area contributed by atoms with Gasteiger partial charge >= 0.3 is 0 Å². The molecule has 15 heavy (non-hydrogen) atoms. The maximum absolute atomic E-state index is 11.7. The van der Waals surface area contributed by atoms with Crippen LogP contribution in [0.2, 0.25) is 0 Å². The molecule has 78 valence electrons. The van der Waals surface area contributed by atoms with Gasteiger partial charge in [0.05, 0.1) is 0 Å². The third kappa shape index (κ3) is 2.30. The molecule has 1 rings (SSSR count). The van der Waals surface area contributed by atoms with E-state index in [0.29, 0.717) is 16.1 Å². The number of nitrogens with two attached hydrogens (primary N) is 1. The van der Waals surface area contributed by atoms with Gasteiger partial charge in [0.2, 0.25) is 5.91 Å². The highest BCUT2D eigenvalue weighted by Crippen LogP contribution is 2.11. The Kier molecular flexibility index (Phi) is 3.36. The number of hydrazine groups is 1. The molecule has 0 aromatic heterocycles. The van der Waals surface area contributed by atoms with Crippen LogP contribution in [0.15, 0.2) is 30.8 Å². The molecular weight excluding hydrogens is 192 g/mol. The van der Waals surface area contributed by atoms with Crippen molar-refractivity contribution in [2.75, 3.05) is 0 Å². The number of imide groups is 1. The largest absolute Gasteiger partial charge is 0.275 e. The van der Waals surface area contributed by atoms with E-state index in [1.54, 1.807) is 30.3 Å². The summed E-state index contributed by atoms with van der Waals surface area (Å²) >= 11 is 0. The summed E-state index contributed by atoms with van der Waals surface area (Å²) in [6.07, 6.45) is 1.54. The standard InChI is InChI=1S/C11H12N2O2/c1-3-9-6-4-5-7-10(9)11(15)13(12)8(2)14/h3-7H,1,12H2,2H3. The zero-order chi connectivity index (χ0) is 11.4. The minimum absolute atomic E-state index is 0.366. The molecule has 2 amide bonds. The molecule has 1 aromatic rings. The number of benzene rings is 1. The Morgan fingerprint density at radius 1 is 1.40 bits per heavy atom. The topological polar surface area (TPSA) is 63.4 Å². The van der Waals surface area contributed by atoms with Crippen LogP contribution in [0.4, 0.5) is 0 Å². The first-order valence-corrected chi connectivity index (χ1v) is 4.39. The Morgan fingerprint density at radius 3 is 2.53 bits per heavy atom. The maximum Gasteiger partial charge on any atom is 0.275 e. The van der Waals surface area contributed by atoms with Gasteiger partial charge < -0.3 is 0 Å². The second kappa shape index (κ2) is 4.52. The van der Waals surface area contributed by atoms with Gasteiger partial charge in [0, 0.05) is 12.5 Å². The van der Waals surface area contributed by atoms with E-state index in [1.807, 2.05) is 0 Å². The van der Waals surface area contributed by atoms with Crippen LogP contribution in [-0.4, -0.2) is 16.8 Å². The van der Waals surface area contributed by atoms with Gasteiger partial charge in [-0.25, -0.2) is 10.9 Å². The normalized spacial score (nSPS) is 9.47. The van der Waals surface area contributed by atoms with E-state index >= 15 is 0 Å². The van der Waals surface area contributed by atoms with Gasteiger partial charge in [-0.2, -0.15) is 0 Å². The van der Waals surface area contributed by atoms with E-state index in [2.05, 4.69) is 6.58 Å². The first-order chi connectivity index (χ1) is 7.07. The maximum atomic E-state index is 11.7. The molecule has 0 saturated heterocycles. The average Bonchev–Trinajstić information content (AvgIpc) is 2.26. The van der Waals surface area contributed by atoms with Crippen LogP contribution in [0, 0.1) is 0 Å². The lowest BCUT2D eigenvalue weighted by Gasteiger charge is -2.13. The quantitative estimate of drug-likeness (QED) is 0.447. The molecule has 0 unspecified atom stereocenters. The molecule has 0 bridgehead atoms. The minimum atomic E-state index is -0.530. The van der Waals surface area contributed by atoms with Crippen molar-refractivity contribution in [2.45, 2.75) is 6.92 Å². The molecule has 2 N–H and O–H groups in total. The molecule has 0 atom stereocenters. The van der Waals surface area contributed by atoms with Crippen LogP contribution in [0.3, 0.4) is 0 Å². The highest BCUT2D eigenvalue weighted by atomic mass is 16.2. The van der Waals surface area contributed by atoms with Gasteiger partial charge in [-0.3, -0.25) is 9.59 Å². The fourth-order valence-electron chi connectivity index (χ4n) is 1.14. The summed E-state index contributed by atoms with van der Waals surface area (Å²) in [5.74, 6) is 4.28. The predicted molar refractivity (Wildman–Crippen MR) is 57.6 cm³/mol. The molecule has 0 fully saturated rings. The Bertz CT molecular complexity index is 413. The Balaban J connectivity index is 3.11. The second-order valence-electron chi connectivity index (χ2n) is 2.99. The van der Waals surface area contributed by atoms with Gasteiger partial charge in [-0.05, 0) is 11.6 Å². The van der Waals surface area contributed by atoms with Gasteiger partial charge in [0.15, 0.2) is 0 Å². The third-order valence-corrected chi connectivity index (χ3v) is 1.97. The van der Waals surface area contributed by atoms with Crippen LogP contribution >= 0.6 is 0 Å². The number of amides is 2. The zero-order valence-electron chi connectivity index (χ0n) is 8.43. The Hall–Kier alpha value is -1.94. The van der Waals surface area contributed by atoms with Crippen molar-refractivity contribution < 1.29 is 9.59 Å².